The van der Waals surface area contributed by atoms with Crippen molar-refractivity contribution in [2.45, 2.75) is 4.90 Å². The molecule has 170 valence electrons. The molecule has 2 heterocycles. The van der Waals surface area contributed by atoms with Crippen LogP contribution in [0.15, 0.2) is 73.7 Å². The minimum absolute atomic E-state index is 0.0490. The first kappa shape index (κ1) is 22.4. The van der Waals surface area contributed by atoms with Crippen molar-refractivity contribution < 1.29 is 22.9 Å². The Morgan fingerprint density at radius 1 is 1.03 bits per heavy atom. The Balaban J connectivity index is 1.81. The predicted molar refractivity (Wildman–Crippen MR) is 120 cm³/mol. The van der Waals surface area contributed by atoms with Crippen molar-refractivity contribution in [2.24, 2.45) is 4.99 Å². The van der Waals surface area contributed by atoms with Crippen LogP contribution in [0.2, 0.25) is 0 Å². The summed E-state index contributed by atoms with van der Waals surface area (Å²) in [6.07, 6.45) is 0. The lowest BCUT2D eigenvalue weighted by Gasteiger charge is -2.07. The molecule has 0 saturated carbocycles. The molecule has 4 rings (SSSR count). The van der Waals surface area contributed by atoms with Crippen LogP contribution < -0.4 is 16.6 Å². The average Bonchev–Trinajstić information content (AvgIpc) is 3.12. The molecule has 0 spiro atoms. The number of carbonyl (C=O) groups is 1. The maximum absolute atomic E-state index is 12.9. The van der Waals surface area contributed by atoms with E-state index in [1.54, 1.807) is 24.3 Å². The van der Waals surface area contributed by atoms with Gasteiger partial charge in [0.2, 0.25) is 5.88 Å². The van der Waals surface area contributed by atoms with E-state index < -0.39 is 38.9 Å². The van der Waals surface area contributed by atoms with E-state index in [1.165, 1.54) is 12.1 Å². The number of anilines is 1. The molecule has 1 amide bonds. The maximum atomic E-state index is 12.9. The standard InChI is InChI=1S/C21H13N5O7S/c1-22-17(20(29)23-10-6-8-11(9-7-10)34(31,32)33)16-13-5-3-2-4-12(13)15(24-16)14-18(27)25-21(30)26-19(14)28/h2-9H,(H,23,29)(H,31,32,33)(H3,25,26,27,28,30)/b17-16+. The molecule has 34 heavy (non-hydrogen) atoms. The summed E-state index contributed by atoms with van der Waals surface area (Å²) in [5, 5.41) is 12.6. The lowest BCUT2D eigenvalue weighted by Crippen LogP contribution is -2.27. The van der Waals surface area contributed by atoms with Gasteiger partial charge in [0.1, 0.15) is 5.56 Å². The number of hydrogen-bond acceptors (Lipinski definition) is 7. The molecule has 0 bridgehead atoms. The van der Waals surface area contributed by atoms with Crippen LogP contribution in [0, 0.1) is 6.57 Å². The third-order valence-corrected chi connectivity index (χ3v) is 5.65. The van der Waals surface area contributed by atoms with Crippen LogP contribution in [-0.2, 0) is 14.9 Å². The van der Waals surface area contributed by atoms with Crippen molar-refractivity contribution in [1.82, 2.24) is 9.97 Å². The molecule has 1 aliphatic rings. The van der Waals surface area contributed by atoms with Gasteiger partial charge in [-0.25, -0.2) is 9.64 Å². The predicted octanol–water partition coefficient (Wildman–Crippen LogP) is 1.09. The minimum Gasteiger partial charge on any atom is -0.494 e. The van der Waals surface area contributed by atoms with E-state index in [0.717, 1.165) is 12.1 Å². The van der Waals surface area contributed by atoms with Gasteiger partial charge < -0.3 is 10.4 Å². The molecule has 12 nitrogen and oxygen atoms in total. The number of aliphatic imine (C=N–C) groups is 1. The number of aromatic hydroxyl groups is 1. The van der Waals surface area contributed by atoms with Crippen molar-refractivity contribution in [3.05, 3.63) is 103 Å². The number of benzene rings is 2. The molecule has 1 aliphatic heterocycles. The number of aromatic nitrogens is 2. The van der Waals surface area contributed by atoms with Gasteiger partial charge in [-0.15, -0.1) is 0 Å². The molecule has 0 radical (unpaired) electrons. The van der Waals surface area contributed by atoms with Crippen molar-refractivity contribution in [3.8, 4) is 5.88 Å². The lowest BCUT2D eigenvalue weighted by atomic mass is 10.00. The van der Waals surface area contributed by atoms with Gasteiger partial charge in [-0.3, -0.25) is 29.1 Å². The van der Waals surface area contributed by atoms with Gasteiger partial charge in [0.15, 0.2) is 0 Å². The van der Waals surface area contributed by atoms with Crippen LogP contribution in [-0.4, -0.2) is 39.7 Å². The zero-order valence-electron chi connectivity index (χ0n) is 16.9. The van der Waals surface area contributed by atoms with E-state index in [2.05, 4.69) is 20.1 Å². The van der Waals surface area contributed by atoms with Crippen LogP contribution in [0.3, 0.4) is 0 Å². The lowest BCUT2D eigenvalue weighted by molar-refractivity contribution is -0.112. The fourth-order valence-electron chi connectivity index (χ4n) is 3.31. The zero-order chi connectivity index (χ0) is 24.6. The molecule has 0 aliphatic carbocycles. The fourth-order valence-corrected chi connectivity index (χ4v) is 3.79. The normalized spacial score (nSPS) is 14.1. The van der Waals surface area contributed by atoms with Crippen LogP contribution in [0.1, 0.15) is 16.7 Å². The average molecular weight is 479 g/mol. The summed E-state index contributed by atoms with van der Waals surface area (Å²) in [5.41, 5.74) is -1.91. The molecule has 0 unspecified atom stereocenters. The number of rotatable bonds is 4. The second-order valence-electron chi connectivity index (χ2n) is 6.90. The topological polar surface area (TPSA) is 186 Å². The van der Waals surface area contributed by atoms with Crippen LogP contribution in [0.4, 0.5) is 5.69 Å². The summed E-state index contributed by atoms with van der Waals surface area (Å²) in [5.74, 6) is -1.60. The van der Waals surface area contributed by atoms with Gasteiger partial charge in [-0.05, 0) is 29.8 Å². The third kappa shape index (κ3) is 4.01. The van der Waals surface area contributed by atoms with Crippen molar-refractivity contribution in [1.29, 1.82) is 0 Å². The number of carbonyl (C=O) groups excluding carboxylic acids is 1. The largest absolute Gasteiger partial charge is 0.494 e. The second-order valence-corrected chi connectivity index (χ2v) is 8.32. The van der Waals surface area contributed by atoms with Crippen LogP contribution in [0.25, 0.3) is 10.5 Å². The Hall–Kier alpha value is -4.80. The number of amides is 1. The van der Waals surface area contributed by atoms with Crippen molar-refractivity contribution in [3.63, 3.8) is 0 Å². The highest BCUT2D eigenvalue weighted by Gasteiger charge is 2.30. The molecule has 13 heteroatoms. The molecule has 0 atom stereocenters. The van der Waals surface area contributed by atoms with Gasteiger partial charge in [0.05, 0.1) is 22.9 Å². The van der Waals surface area contributed by atoms with Gasteiger partial charge in [-0.1, -0.05) is 24.3 Å². The summed E-state index contributed by atoms with van der Waals surface area (Å²) in [4.78, 5) is 47.8. The molecular formula is C21H13N5O7S. The summed E-state index contributed by atoms with van der Waals surface area (Å²) in [7, 11) is -4.42. The molecule has 3 aromatic rings. The Bertz CT molecular complexity index is 1670. The summed E-state index contributed by atoms with van der Waals surface area (Å²) in [6.45, 7) is 7.52. The summed E-state index contributed by atoms with van der Waals surface area (Å²) in [6, 6.07) is 11.0. The van der Waals surface area contributed by atoms with E-state index in [9.17, 15) is 27.9 Å². The quantitative estimate of drug-likeness (QED) is 0.210. The number of hydrogen-bond donors (Lipinski definition) is 5. The SMILES string of the molecule is [C-]#[N+]/C(C(=O)Nc1ccc(S(=O)(=O)O)cc1)=C1/N=C(c2c(O)[nH]c(=O)[nH]c2=O)c2ccccc21. The number of aromatic amines is 2. The molecule has 5 N–H and O–H groups in total. The van der Waals surface area contributed by atoms with Gasteiger partial charge in [0.25, 0.3) is 27.3 Å². The van der Waals surface area contributed by atoms with E-state index >= 15 is 0 Å². The Labute approximate surface area is 190 Å². The molecule has 2 aromatic carbocycles. The van der Waals surface area contributed by atoms with Crippen molar-refractivity contribution >= 4 is 33.1 Å². The molecule has 0 fully saturated rings. The first-order valence-electron chi connectivity index (χ1n) is 9.35. The van der Waals surface area contributed by atoms with Gasteiger partial charge in [-0.2, -0.15) is 8.42 Å². The second kappa shape index (κ2) is 8.28. The monoisotopic (exact) mass is 479 g/mol. The van der Waals surface area contributed by atoms with Crippen molar-refractivity contribution in [2.75, 3.05) is 5.32 Å². The Morgan fingerprint density at radius 2 is 1.68 bits per heavy atom. The van der Waals surface area contributed by atoms with Gasteiger partial charge >= 0.3 is 5.69 Å². The smallest absolute Gasteiger partial charge is 0.328 e. The number of nitrogens with one attached hydrogen (secondary N) is 3. The first-order chi connectivity index (χ1) is 16.1. The highest BCUT2D eigenvalue weighted by Crippen LogP contribution is 2.34. The molecule has 1 aromatic heterocycles. The van der Waals surface area contributed by atoms with Gasteiger partial charge in [0, 0.05) is 11.3 Å². The third-order valence-electron chi connectivity index (χ3n) is 4.78. The Morgan fingerprint density at radius 3 is 2.26 bits per heavy atom. The molecule has 0 saturated heterocycles. The summed E-state index contributed by atoms with van der Waals surface area (Å²) >= 11 is 0. The first-order valence-corrected chi connectivity index (χ1v) is 10.8. The highest BCUT2D eigenvalue weighted by atomic mass is 32.2. The minimum atomic E-state index is -4.42. The number of H-pyrrole nitrogens is 2. The van der Waals surface area contributed by atoms with E-state index in [-0.39, 0.29) is 27.6 Å². The summed E-state index contributed by atoms with van der Waals surface area (Å²) < 4.78 is 31.4. The van der Waals surface area contributed by atoms with Crippen LogP contribution >= 0.6 is 0 Å². The maximum Gasteiger partial charge on any atom is 0.328 e. The highest BCUT2D eigenvalue weighted by molar-refractivity contribution is 7.85. The fraction of sp³-hybridized carbons (Fsp3) is 0. The van der Waals surface area contributed by atoms with Crippen LogP contribution in [0.5, 0.6) is 5.88 Å². The van der Waals surface area contributed by atoms with E-state index in [0.29, 0.717) is 11.1 Å². The molecular weight excluding hydrogens is 466 g/mol. The van der Waals surface area contributed by atoms with E-state index in [1.807, 2.05) is 4.98 Å². The number of fused-ring (bicyclic) bond motifs is 1. The Kier molecular flexibility index (Phi) is 5.45. The zero-order valence-corrected chi connectivity index (χ0v) is 17.7. The number of nitrogens with zero attached hydrogens (tertiary/aromatic N) is 2. The van der Waals surface area contributed by atoms with E-state index in [4.69, 9.17) is 11.1 Å².